The van der Waals surface area contributed by atoms with Crippen LogP contribution in [0.25, 0.3) is 42.2 Å². The lowest BCUT2D eigenvalue weighted by atomic mass is 9.82. The summed E-state index contributed by atoms with van der Waals surface area (Å²) in [6, 6.07) is 20.3. The lowest BCUT2D eigenvalue weighted by Gasteiger charge is -2.22. The minimum Gasteiger partial charge on any atom is -0.255 e. The van der Waals surface area contributed by atoms with Crippen molar-refractivity contribution in [1.82, 2.24) is 4.98 Å². The maximum absolute atomic E-state index is 4.94. The summed E-state index contributed by atoms with van der Waals surface area (Å²) in [6.45, 7) is 16.5. The number of hydrogen-bond acceptors (Lipinski definition) is 2. The molecule has 0 aliphatic carbocycles. The van der Waals surface area contributed by atoms with Gasteiger partial charge in [0, 0.05) is 27.2 Å². The van der Waals surface area contributed by atoms with Gasteiger partial charge >= 0.3 is 0 Å². The molecule has 0 N–H and O–H groups in total. The van der Waals surface area contributed by atoms with E-state index in [1.54, 1.807) is 5.19 Å². The molecule has 1 nitrogen and oxygen atoms in total. The third kappa shape index (κ3) is 3.39. The molecule has 2 aromatic heterocycles. The Morgan fingerprint density at radius 3 is 2.25 bits per heavy atom. The van der Waals surface area contributed by atoms with E-state index in [1.165, 1.54) is 47.6 Å². The average Bonchev–Trinajstić information content (AvgIpc) is 3.09. The summed E-state index contributed by atoms with van der Waals surface area (Å²) in [5.41, 5.74) is 5.20. The zero-order valence-electron chi connectivity index (χ0n) is 20.1. The quantitative estimate of drug-likeness (QED) is 0.244. The van der Waals surface area contributed by atoms with E-state index in [9.17, 15) is 0 Å². The Kier molecular flexibility index (Phi) is 4.85. The van der Waals surface area contributed by atoms with Gasteiger partial charge in [-0.05, 0) is 52.1 Å². The highest BCUT2D eigenvalue weighted by molar-refractivity contribution is 7.28. The predicted molar refractivity (Wildman–Crippen MR) is 146 cm³/mol. The average molecular weight is 454 g/mol. The Morgan fingerprint density at radius 1 is 0.812 bits per heavy atom. The second-order valence-electron chi connectivity index (χ2n) is 11.0. The van der Waals surface area contributed by atoms with Gasteiger partial charge < -0.3 is 0 Å². The van der Waals surface area contributed by atoms with Crippen LogP contribution in [0.3, 0.4) is 0 Å². The number of nitrogens with zero attached hydrogens (tertiary/aromatic N) is 1. The van der Waals surface area contributed by atoms with Crippen molar-refractivity contribution in [2.75, 3.05) is 0 Å². The molecule has 0 aliphatic heterocycles. The normalized spacial score (nSPS) is 12.8. The molecule has 32 heavy (non-hydrogen) atoms. The van der Waals surface area contributed by atoms with E-state index in [4.69, 9.17) is 4.98 Å². The smallest absolute Gasteiger partial charge is 0.0880 e. The summed E-state index contributed by atoms with van der Waals surface area (Å²) in [5.74, 6) is 0. The van der Waals surface area contributed by atoms with Crippen molar-refractivity contribution < 1.29 is 0 Å². The number of benzene rings is 3. The number of pyridine rings is 1. The van der Waals surface area contributed by atoms with Crippen LogP contribution in [0.15, 0.2) is 60.8 Å². The molecule has 0 spiro atoms. The Hall–Kier alpha value is -2.49. The molecule has 0 fully saturated rings. The molecule has 2 heterocycles. The van der Waals surface area contributed by atoms with Crippen molar-refractivity contribution in [2.45, 2.75) is 52.8 Å². The Labute approximate surface area is 196 Å². The predicted octanol–water partition coefficient (Wildman–Crippen LogP) is 8.42. The maximum Gasteiger partial charge on any atom is 0.0880 e. The summed E-state index contributed by atoms with van der Waals surface area (Å²) >= 11 is 1.94. The van der Waals surface area contributed by atoms with Crippen LogP contribution in [-0.2, 0) is 5.41 Å². The molecule has 0 aliphatic rings. The van der Waals surface area contributed by atoms with Gasteiger partial charge in [-0.1, -0.05) is 82.4 Å². The number of aryl methyl sites for hydroxylation is 1. The lowest BCUT2D eigenvalue weighted by Crippen LogP contribution is -2.39. The van der Waals surface area contributed by atoms with Gasteiger partial charge in [0.1, 0.15) is 0 Å². The number of aromatic nitrogens is 1. The molecule has 5 aromatic rings. The van der Waals surface area contributed by atoms with Crippen molar-refractivity contribution in [3.05, 3.63) is 71.9 Å². The van der Waals surface area contributed by atoms with E-state index in [0.29, 0.717) is 0 Å². The van der Waals surface area contributed by atoms with Crippen molar-refractivity contribution in [3.63, 3.8) is 0 Å². The van der Waals surface area contributed by atoms with Crippen LogP contribution in [0.4, 0.5) is 0 Å². The summed E-state index contributed by atoms with van der Waals surface area (Å²) in [5, 5.41) is 6.93. The Bertz CT molecular complexity index is 1500. The molecule has 0 saturated carbocycles. The van der Waals surface area contributed by atoms with Gasteiger partial charge in [-0.15, -0.1) is 11.3 Å². The molecule has 5 rings (SSSR count). The zero-order chi connectivity index (χ0) is 22.8. The third-order valence-corrected chi connectivity index (χ3v) is 10.0. The first-order valence-corrected chi connectivity index (χ1v) is 15.7. The second kappa shape index (κ2) is 7.26. The molecular weight excluding hydrogens is 422 g/mol. The number of rotatable bonds is 2. The standard InChI is InChI=1S/C29H31NSSi/c1-18-12-13-22-23-14-15-30-25(26(23)31-27(22)28(18)32(5,6)7)20-16-19-10-8-9-11-21(19)24(17-20)29(2,3)4/h8-17H,1-7H3. The van der Waals surface area contributed by atoms with Crippen molar-refractivity contribution >= 4 is 55.5 Å². The summed E-state index contributed by atoms with van der Waals surface area (Å²) in [4.78, 5) is 4.94. The fourth-order valence-corrected chi connectivity index (χ4v) is 9.53. The molecule has 3 heteroatoms. The molecule has 0 radical (unpaired) electrons. The minimum atomic E-state index is -1.48. The van der Waals surface area contributed by atoms with E-state index in [0.717, 1.165) is 5.69 Å². The van der Waals surface area contributed by atoms with Gasteiger partial charge in [-0.2, -0.15) is 0 Å². The summed E-state index contributed by atoms with van der Waals surface area (Å²) in [7, 11) is -1.48. The van der Waals surface area contributed by atoms with Crippen LogP contribution < -0.4 is 5.19 Å². The highest BCUT2D eigenvalue weighted by atomic mass is 32.1. The van der Waals surface area contributed by atoms with E-state index >= 15 is 0 Å². The minimum absolute atomic E-state index is 0.0613. The largest absolute Gasteiger partial charge is 0.255 e. The van der Waals surface area contributed by atoms with Crippen molar-refractivity contribution in [1.29, 1.82) is 0 Å². The first-order valence-electron chi connectivity index (χ1n) is 11.4. The zero-order valence-corrected chi connectivity index (χ0v) is 21.9. The molecule has 0 bridgehead atoms. The van der Waals surface area contributed by atoms with Gasteiger partial charge in [0.25, 0.3) is 0 Å². The topological polar surface area (TPSA) is 12.9 Å². The van der Waals surface area contributed by atoms with Crippen LogP contribution >= 0.6 is 11.3 Å². The number of hydrogen-bond donors (Lipinski definition) is 0. The number of fused-ring (bicyclic) bond motifs is 4. The molecule has 0 saturated heterocycles. The summed E-state index contributed by atoms with van der Waals surface area (Å²) < 4.78 is 2.77. The van der Waals surface area contributed by atoms with Gasteiger partial charge in [-0.3, -0.25) is 4.98 Å². The van der Waals surface area contributed by atoms with Crippen LogP contribution in [0.5, 0.6) is 0 Å². The Balaban J connectivity index is 1.87. The summed E-state index contributed by atoms with van der Waals surface area (Å²) in [6.07, 6.45) is 1.99. The van der Waals surface area contributed by atoms with E-state index in [1.807, 2.05) is 17.5 Å². The van der Waals surface area contributed by atoms with Crippen molar-refractivity contribution in [3.8, 4) is 11.3 Å². The third-order valence-electron chi connectivity index (χ3n) is 6.46. The van der Waals surface area contributed by atoms with E-state index < -0.39 is 8.07 Å². The number of thiophene rings is 1. The van der Waals surface area contributed by atoms with Crippen molar-refractivity contribution in [2.24, 2.45) is 0 Å². The SMILES string of the molecule is Cc1ccc2c(sc3c(-c4cc(C(C)(C)C)c5ccccc5c4)nccc32)c1[Si](C)(C)C. The van der Waals surface area contributed by atoms with Gasteiger partial charge in [-0.25, -0.2) is 0 Å². The molecule has 0 atom stereocenters. The molecule has 0 amide bonds. The monoisotopic (exact) mass is 453 g/mol. The van der Waals surface area contributed by atoms with Crippen LogP contribution in [0.1, 0.15) is 31.9 Å². The van der Waals surface area contributed by atoms with Crippen LogP contribution in [-0.4, -0.2) is 13.1 Å². The molecule has 3 aromatic carbocycles. The molecule has 162 valence electrons. The van der Waals surface area contributed by atoms with Gasteiger partial charge in [0.15, 0.2) is 0 Å². The van der Waals surface area contributed by atoms with Crippen LogP contribution in [0.2, 0.25) is 19.6 Å². The molecule has 0 unspecified atom stereocenters. The fraction of sp³-hybridized carbons (Fsp3) is 0.276. The van der Waals surface area contributed by atoms with E-state index in [2.05, 4.69) is 102 Å². The van der Waals surface area contributed by atoms with Gasteiger partial charge in [0.2, 0.25) is 0 Å². The first kappa shape index (κ1) is 21.4. The second-order valence-corrected chi connectivity index (χ2v) is 17.0. The highest BCUT2D eigenvalue weighted by Crippen LogP contribution is 2.41. The fourth-order valence-electron chi connectivity index (χ4n) is 5.07. The first-order chi connectivity index (χ1) is 15.1. The maximum atomic E-state index is 4.94. The van der Waals surface area contributed by atoms with Gasteiger partial charge in [0.05, 0.1) is 18.5 Å². The van der Waals surface area contributed by atoms with E-state index in [-0.39, 0.29) is 5.41 Å². The molecular formula is C29H31NSSi. The Morgan fingerprint density at radius 2 is 1.53 bits per heavy atom. The highest BCUT2D eigenvalue weighted by Gasteiger charge is 2.25. The lowest BCUT2D eigenvalue weighted by molar-refractivity contribution is 0.596. The van der Waals surface area contributed by atoms with Crippen LogP contribution in [0, 0.1) is 6.92 Å².